The maximum atomic E-state index is 6.23. The molecule has 0 radical (unpaired) electrons. The summed E-state index contributed by atoms with van der Waals surface area (Å²) in [6.07, 6.45) is 1.94. The first-order valence-corrected chi connectivity index (χ1v) is 9.40. The van der Waals surface area contributed by atoms with Crippen molar-refractivity contribution in [2.24, 2.45) is 0 Å². The quantitative estimate of drug-likeness (QED) is 0.384. The average Bonchev–Trinajstić information content (AvgIpc) is 2.97. The average molecular weight is 355 g/mol. The Kier molecular flexibility index (Phi) is 4.15. The van der Waals surface area contributed by atoms with Crippen LogP contribution in [0.1, 0.15) is 37.5 Å². The Morgan fingerprint density at radius 2 is 1.59 bits per heavy atom. The third kappa shape index (κ3) is 3.28. The number of furan rings is 1. The fraction of sp³-hybridized carbons (Fsp3) is 0.240. The van der Waals surface area contributed by atoms with Crippen LogP contribution in [0.3, 0.4) is 0 Å². The minimum atomic E-state index is 0.104. The number of aromatic nitrogens is 1. The Hall–Kier alpha value is -2.87. The second kappa shape index (κ2) is 6.38. The zero-order chi connectivity index (χ0) is 19.2. The van der Waals surface area contributed by atoms with Gasteiger partial charge in [-0.15, -0.1) is 0 Å². The third-order valence-corrected chi connectivity index (χ3v) is 5.10. The smallest absolute Gasteiger partial charge is 0.138 e. The van der Waals surface area contributed by atoms with E-state index in [-0.39, 0.29) is 5.41 Å². The van der Waals surface area contributed by atoms with Crippen LogP contribution in [0.5, 0.6) is 0 Å². The fourth-order valence-electron chi connectivity index (χ4n) is 3.50. The van der Waals surface area contributed by atoms with Gasteiger partial charge in [0.25, 0.3) is 0 Å². The van der Waals surface area contributed by atoms with Crippen molar-refractivity contribution in [1.82, 2.24) is 4.98 Å². The number of hydrogen-bond acceptors (Lipinski definition) is 2. The second-order valence-corrected chi connectivity index (χ2v) is 8.33. The van der Waals surface area contributed by atoms with E-state index in [2.05, 4.69) is 71.0 Å². The molecule has 136 valence electrons. The van der Waals surface area contributed by atoms with Crippen LogP contribution in [0.15, 0.2) is 65.2 Å². The topological polar surface area (TPSA) is 26.0 Å². The van der Waals surface area contributed by atoms with Gasteiger partial charge in [0, 0.05) is 34.3 Å². The molecule has 0 unspecified atom stereocenters. The van der Waals surface area contributed by atoms with Crippen LogP contribution in [0.4, 0.5) is 0 Å². The maximum absolute atomic E-state index is 6.23. The Balaban J connectivity index is 1.85. The molecule has 0 fully saturated rings. The lowest BCUT2D eigenvalue weighted by Gasteiger charge is -2.20. The summed E-state index contributed by atoms with van der Waals surface area (Å²) in [7, 11) is 0. The van der Waals surface area contributed by atoms with Gasteiger partial charge >= 0.3 is 0 Å². The van der Waals surface area contributed by atoms with Crippen LogP contribution < -0.4 is 0 Å². The van der Waals surface area contributed by atoms with E-state index in [1.807, 2.05) is 24.4 Å². The highest BCUT2D eigenvalue weighted by molar-refractivity contribution is 5.89. The molecule has 0 atom stereocenters. The van der Waals surface area contributed by atoms with Gasteiger partial charge in [-0.25, -0.2) is 0 Å². The number of nitrogens with zero attached hydrogens (tertiary/aromatic N) is 1. The Morgan fingerprint density at radius 3 is 2.30 bits per heavy atom. The summed E-state index contributed by atoms with van der Waals surface area (Å²) in [6.45, 7) is 11.0. The number of pyridine rings is 1. The number of rotatable bonds is 2. The highest BCUT2D eigenvalue weighted by atomic mass is 16.3. The fourth-order valence-corrected chi connectivity index (χ4v) is 3.50. The van der Waals surface area contributed by atoms with Crippen molar-refractivity contribution in [2.45, 2.75) is 40.0 Å². The summed E-state index contributed by atoms with van der Waals surface area (Å²) in [5.41, 5.74) is 7.87. The lowest BCUT2D eigenvalue weighted by atomic mass is 9.85. The molecule has 2 heterocycles. The molecule has 0 aliphatic heterocycles. The second-order valence-electron chi connectivity index (χ2n) is 8.33. The van der Waals surface area contributed by atoms with Gasteiger partial charge < -0.3 is 4.42 Å². The first kappa shape index (κ1) is 17.5. The van der Waals surface area contributed by atoms with Crippen molar-refractivity contribution in [3.05, 3.63) is 77.5 Å². The first-order valence-electron chi connectivity index (χ1n) is 9.40. The summed E-state index contributed by atoms with van der Waals surface area (Å²) < 4.78 is 6.23. The van der Waals surface area contributed by atoms with Crippen LogP contribution in [0.25, 0.3) is 33.6 Å². The van der Waals surface area contributed by atoms with Gasteiger partial charge in [0.1, 0.15) is 11.3 Å². The van der Waals surface area contributed by atoms with E-state index >= 15 is 0 Å². The molecule has 0 saturated heterocycles. The van der Waals surface area contributed by atoms with Gasteiger partial charge in [-0.05, 0) is 37.0 Å². The Morgan fingerprint density at radius 1 is 0.852 bits per heavy atom. The Labute approximate surface area is 160 Å². The maximum Gasteiger partial charge on any atom is 0.138 e. The molecule has 0 aliphatic rings. The molecular formula is C25H25NO. The van der Waals surface area contributed by atoms with E-state index in [9.17, 15) is 0 Å². The van der Waals surface area contributed by atoms with Gasteiger partial charge in [0.15, 0.2) is 0 Å². The number of benzene rings is 2. The number of aryl methyl sites for hydroxylation is 2. The van der Waals surface area contributed by atoms with Crippen molar-refractivity contribution >= 4 is 11.0 Å². The monoisotopic (exact) mass is 355 g/mol. The van der Waals surface area contributed by atoms with Crippen molar-refractivity contribution in [3.63, 3.8) is 0 Å². The molecule has 0 bridgehead atoms. The molecule has 0 N–H and O–H groups in total. The molecule has 0 amide bonds. The normalized spacial score (nSPS) is 11.9. The summed E-state index contributed by atoms with van der Waals surface area (Å²) in [6, 6.07) is 19.0. The van der Waals surface area contributed by atoms with Crippen LogP contribution in [0, 0.1) is 13.8 Å². The van der Waals surface area contributed by atoms with E-state index in [4.69, 9.17) is 9.40 Å². The van der Waals surface area contributed by atoms with Crippen LogP contribution in [-0.2, 0) is 5.41 Å². The summed E-state index contributed by atoms with van der Waals surface area (Å²) in [5, 5.41) is 1.07. The minimum absolute atomic E-state index is 0.104. The van der Waals surface area contributed by atoms with Gasteiger partial charge in [0.2, 0.25) is 0 Å². The molecule has 2 heteroatoms. The van der Waals surface area contributed by atoms with E-state index in [1.54, 1.807) is 0 Å². The summed E-state index contributed by atoms with van der Waals surface area (Å²) >= 11 is 0. The highest BCUT2D eigenvalue weighted by Crippen LogP contribution is 2.35. The van der Waals surface area contributed by atoms with Crippen molar-refractivity contribution < 1.29 is 4.42 Å². The van der Waals surface area contributed by atoms with E-state index in [0.29, 0.717) is 0 Å². The SMILES string of the molecule is Cc1cc(-c2cc3oc(-c4ccccc4)c(C)c3cn2)cc(C(C)(C)C)c1. The molecule has 2 nitrogen and oxygen atoms in total. The molecule has 2 aromatic heterocycles. The van der Waals surface area contributed by atoms with Crippen LogP contribution >= 0.6 is 0 Å². The van der Waals surface area contributed by atoms with E-state index < -0.39 is 0 Å². The number of fused-ring (bicyclic) bond motifs is 1. The van der Waals surface area contributed by atoms with Gasteiger partial charge in [0.05, 0.1) is 5.69 Å². The van der Waals surface area contributed by atoms with Gasteiger partial charge in [-0.1, -0.05) is 62.7 Å². The standard InChI is InChI=1S/C25H25NO/c1-16-11-19(13-20(12-16)25(3,4)5)22-14-23-21(15-26-22)17(2)24(27-23)18-9-7-6-8-10-18/h6-15H,1-5H3. The number of hydrogen-bond donors (Lipinski definition) is 0. The molecule has 0 spiro atoms. The third-order valence-electron chi connectivity index (χ3n) is 5.10. The summed E-state index contributed by atoms with van der Waals surface area (Å²) in [4.78, 5) is 4.75. The van der Waals surface area contributed by atoms with E-state index in [0.717, 1.165) is 39.1 Å². The van der Waals surface area contributed by atoms with Gasteiger partial charge in [-0.2, -0.15) is 0 Å². The Bertz CT molecular complexity index is 1110. The van der Waals surface area contributed by atoms with Crippen molar-refractivity contribution in [2.75, 3.05) is 0 Å². The molecular weight excluding hydrogens is 330 g/mol. The lowest BCUT2D eigenvalue weighted by Crippen LogP contribution is -2.11. The zero-order valence-corrected chi connectivity index (χ0v) is 16.6. The molecule has 0 saturated carbocycles. The largest absolute Gasteiger partial charge is 0.456 e. The lowest BCUT2D eigenvalue weighted by molar-refractivity contribution is 0.590. The molecule has 2 aromatic carbocycles. The van der Waals surface area contributed by atoms with Crippen LogP contribution in [0.2, 0.25) is 0 Å². The molecule has 0 aliphatic carbocycles. The van der Waals surface area contributed by atoms with Crippen molar-refractivity contribution in [3.8, 4) is 22.6 Å². The summed E-state index contributed by atoms with van der Waals surface area (Å²) in [5.74, 6) is 0.921. The molecule has 27 heavy (non-hydrogen) atoms. The zero-order valence-electron chi connectivity index (χ0n) is 16.6. The van der Waals surface area contributed by atoms with Crippen LogP contribution in [-0.4, -0.2) is 4.98 Å². The van der Waals surface area contributed by atoms with Crippen molar-refractivity contribution in [1.29, 1.82) is 0 Å². The van der Waals surface area contributed by atoms with E-state index in [1.165, 1.54) is 11.1 Å². The predicted octanol–water partition coefficient (Wildman–Crippen LogP) is 7.08. The minimum Gasteiger partial charge on any atom is -0.456 e. The predicted molar refractivity (Wildman–Crippen MR) is 113 cm³/mol. The molecule has 4 aromatic rings. The first-order chi connectivity index (χ1) is 12.8. The highest BCUT2D eigenvalue weighted by Gasteiger charge is 2.17. The molecule has 4 rings (SSSR count). The van der Waals surface area contributed by atoms with Gasteiger partial charge in [-0.3, -0.25) is 4.98 Å².